The van der Waals surface area contributed by atoms with Crippen molar-refractivity contribution >= 4 is 17.9 Å². The molecular formula is C15H25O7Zr. The van der Waals surface area contributed by atoms with E-state index < -0.39 is 17.9 Å². The number of rotatable bonds is 4. The molecule has 0 heterocycles. The van der Waals surface area contributed by atoms with Gasteiger partial charge in [-0.25, -0.2) is 14.4 Å². The summed E-state index contributed by atoms with van der Waals surface area (Å²) >= 11 is 1.16. The fourth-order valence-corrected chi connectivity index (χ4v) is 0. The third-order valence-electron chi connectivity index (χ3n) is 1.33. The Morgan fingerprint density at radius 3 is 0.870 bits per heavy atom. The molecule has 3 N–H and O–H groups in total. The molecule has 0 bridgehead atoms. The summed E-state index contributed by atoms with van der Waals surface area (Å²) in [5.74, 6) is -2.81. The molecular weight excluding hydrogens is 383 g/mol. The Bertz CT molecular complexity index is 332. The summed E-state index contributed by atoms with van der Waals surface area (Å²) in [5, 5.41) is 23.7. The van der Waals surface area contributed by atoms with Crippen LogP contribution in [-0.4, -0.2) is 39.3 Å². The summed E-state index contributed by atoms with van der Waals surface area (Å²) in [7, 11) is 0. The maximum absolute atomic E-state index is 9.60. The van der Waals surface area contributed by atoms with Gasteiger partial charge in [0.25, 0.3) is 0 Å². The van der Waals surface area contributed by atoms with E-state index in [1.807, 2.05) is 13.8 Å². The van der Waals surface area contributed by atoms with Crippen LogP contribution in [-0.2, 0) is 42.4 Å². The van der Waals surface area contributed by atoms with Gasteiger partial charge in [-0.3, -0.25) is 0 Å². The Hall–Kier alpha value is -1.53. The van der Waals surface area contributed by atoms with Crippen LogP contribution in [0.2, 0.25) is 0 Å². The van der Waals surface area contributed by atoms with Crippen molar-refractivity contribution in [3.63, 3.8) is 0 Å². The van der Waals surface area contributed by atoms with Crippen LogP contribution in [0.15, 0.2) is 36.5 Å². The Morgan fingerprint density at radius 2 is 0.870 bits per heavy atom. The molecule has 0 aliphatic rings. The van der Waals surface area contributed by atoms with Crippen LogP contribution in [0, 0.1) is 0 Å². The topological polar surface area (TPSA) is 121 Å². The Kier molecular flexibility index (Phi) is 23.7. The summed E-state index contributed by atoms with van der Waals surface area (Å²) in [4.78, 5) is 28.8. The first-order valence-corrected chi connectivity index (χ1v) is 7.19. The van der Waals surface area contributed by atoms with Gasteiger partial charge in [0.1, 0.15) is 0 Å². The van der Waals surface area contributed by atoms with E-state index in [0.717, 1.165) is 25.2 Å². The molecule has 0 aromatic rings. The quantitative estimate of drug-likeness (QED) is 0.612. The predicted molar refractivity (Wildman–Crippen MR) is 83.6 cm³/mol. The van der Waals surface area contributed by atoms with Gasteiger partial charge >= 0.3 is 65.8 Å². The zero-order chi connectivity index (χ0) is 19.7. The van der Waals surface area contributed by atoms with Crippen molar-refractivity contribution in [2.45, 2.75) is 40.7 Å². The van der Waals surface area contributed by atoms with Crippen molar-refractivity contribution in [2.75, 3.05) is 0 Å². The van der Waals surface area contributed by atoms with Gasteiger partial charge in [0.2, 0.25) is 0 Å². The number of hydrogen-bond donors (Lipinski definition) is 3. The molecule has 0 aromatic carbocycles. The zero-order valence-electron chi connectivity index (χ0n) is 14.2. The standard InChI is InChI=1S/3C4H6O2.C3H7O.Zr/c3*1-3(2)4(5)6;1-3(2)4;/h3*1H2,2H3,(H,5,6);3H,1-2H3;/q;;;-1;+1. The SMILES string of the molecule is C=C(C)C(=O)O.C=C(C)C(=O)O.C=C(C)C(=O)O.CC(C)[O][Zr]. The third-order valence-corrected chi connectivity index (χ3v) is 2.49. The first kappa shape index (κ1) is 29.5. The second-order valence-corrected chi connectivity index (χ2v) is 5.00. The Balaban J connectivity index is -0.000000105. The molecule has 0 radical (unpaired) electrons. The van der Waals surface area contributed by atoms with Gasteiger partial charge in [-0.2, -0.15) is 0 Å². The fraction of sp³-hybridized carbons (Fsp3) is 0.400. The van der Waals surface area contributed by atoms with Gasteiger partial charge in [-0.05, 0) is 20.8 Å². The summed E-state index contributed by atoms with van der Waals surface area (Å²) in [6.07, 6.45) is 0.424. The molecule has 0 aliphatic heterocycles. The van der Waals surface area contributed by atoms with Crippen LogP contribution in [0.25, 0.3) is 0 Å². The van der Waals surface area contributed by atoms with Crippen LogP contribution < -0.4 is 0 Å². The van der Waals surface area contributed by atoms with E-state index in [1.165, 1.54) is 20.8 Å². The van der Waals surface area contributed by atoms with Crippen molar-refractivity contribution < 1.29 is 57.7 Å². The monoisotopic (exact) mass is 407 g/mol. The van der Waals surface area contributed by atoms with Gasteiger partial charge in [-0.15, -0.1) is 0 Å². The van der Waals surface area contributed by atoms with Gasteiger partial charge < -0.3 is 15.3 Å². The average Bonchev–Trinajstić information content (AvgIpc) is 2.40. The molecule has 0 aromatic heterocycles. The maximum atomic E-state index is 9.60. The van der Waals surface area contributed by atoms with Crippen molar-refractivity contribution in [3.05, 3.63) is 36.5 Å². The summed E-state index contributed by atoms with van der Waals surface area (Å²) in [6, 6.07) is 0. The first-order valence-electron chi connectivity index (χ1n) is 6.19. The number of carboxylic acid groups (broad SMARTS) is 3. The summed E-state index contributed by atoms with van der Waals surface area (Å²) < 4.78 is 4.84. The van der Waals surface area contributed by atoms with E-state index in [9.17, 15) is 14.4 Å². The molecule has 0 fully saturated rings. The van der Waals surface area contributed by atoms with Gasteiger partial charge in [-0.1, -0.05) is 19.7 Å². The number of hydrogen-bond acceptors (Lipinski definition) is 4. The van der Waals surface area contributed by atoms with Crippen LogP contribution >= 0.6 is 0 Å². The Labute approximate surface area is 152 Å². The van der Waals surface area contributed by atoms with E-state index in [0.29, 0.717) is 6.10 Å². The van der Waals surface area contributed by atoms with E-state index >= 15 is 0 Å². The van der Waals surface area contributed by atoms with E-state index in [-0.39, 0.29) is 16.7 Å². The average molecular weight is 409 g/mol. The van der Waals surface area contributed by atoms with Crippen LogP contribution in [0.1, 0.15) is 34.6 Å². The van der Waals surface area contributed by atoms with Crippen LogP contribution in [0.3, 0.4) is 0 Å². The van der Waals surface area contributed by atoms with E-state index in [1.54, 1.807) is 0 Å². The molecule has 0 saturated heterocycles. The van der Waals surface area contributed by atoms with Gasteiger partial charge in [0, 0.05) is 16.7 Å². The molecule has 0 amide bonds. The van der Waals surface area contributed by atoms with Crippen molar-refractivity contribution in [1.82, 2.24) is 0 Å². The molecule has 23 heavy (non-hydrogen) atoms. The first-order chi connectivity index (χ1) is 10.2. The Morgan fingerprint density at radius 1 is 0.783 bits per heavy atom. The molecule has 0 saturated carbocycles. The van der Waals surface area contributed by atoms with E-state index in [2.05, 4.69) is 19.7 Å². The molecule has 0 rings (SSSR count). The predicted octanol–water partition coefficient (Wildman–Crippen LogP) is 2.81. The molecule has 7 nitrogen and oxygen atoms in total. The second kappa shape index (κ2) is 18.5. The van der Waals surface area contributed by atoms with Crippen molar-refractivity contribution in [1.29, 1.82) is 0 Å². The minimum atomic E-state index is -0.935. The molecule has 0 unspecified atom stereocenters. The molecule has 0 spiro atoms. The van der Waals surface area contributed by atoms with Crippen molar-refractivity contribution in [2.24, 2.45) is 0 Å². The van der Waals surface area contributed by atoms with Crippen LogP contribution in [0.4, 0.5) is 0 Å². The second-order valence-electron chi connectivity index (χ2n) is 4.42. The third kappa shape index (κ3) is 44.9. The van der Waals surface area contributed by atoms with Gasteiger partial charge in [0.15, 0.2) is 0 Å². The summed E-state index contributed by atoms with van der Waals surface area (Å²) in [6.45, 7) is 17.9. The summed E-state index contributed by atoms with van der Waals surface area (Å²) in [5.41, 5.74) is 0.528. The molecule has 8 heteroatoms. The normalized spacial score (nSPS) is 7.87. The minimum absolute atomic E-state index is 0.176. The van der Waals surface area contributed by atoms with Crippen LogP contribution in [0.5, 0.6) is 0 Å². The van der Waals surface area contributed by atoms with Crippen molar-refractivity contribution in [3.8, 4) is 0 Å². The number of carbonyl (C=O) groups is 3. The molecule has 0 atom stereocenters. The zero-order valence-corrected chi connectivity index (χ0v) is 16.6. The fourth-order valence-electron chi connectivity index (χ4n) is 0. The number of aliphatic carboxylic acids is 3. The molecule has 0 aliphatic carbocycles. The molecule has 131 valence electrons. The van der Waals surface area contributed by atoms with Gasteiger partial charge in [0.05, 0.1) is 0 Å². The number of carboxylic acids is 3. The van der Waals surface area contributed by atoms with E-state index in [4.69, 9.17) is 18.1 Å².